The monoisotopic (exact) mass is 465 g/mol. The largest absolute Gasteiger partial charge is 0.444 e. The third-order valence-corrected chi connectivity index (χ3v) is 6.97. The summed E-state index contributed by atoms with van der Waals surface area (Å²) in [6, 6.07) is 4.52. The van der Waals surface area contributed by atoms with Gasteiger partial charge >= 0.3 is 6.09 Å². The molecule has 0 bridgehead atoms. The minimum Gasteiger partial charge on any atom is -0.444 e. The van der Waals surface area contributed by atoms with Crippen LogP contribution in [0.5, 0.6) is 0 Å². The van der Waals surface area contributed by atoms with E-state index in [1.165, 1.54) is 16.4 Å². The molecule has 1 aliphatic rings. The normalized spacial score (nSPS) is 15.8. The predicted molar refractivity (Wildman–Crippen MR) is 111 cm³/mol. The SMILES string of the molecule is CC(C)(C)OC(=O)NCCC(=O)N1CCN(S(=O)(=O)c2c(Cl)cccc2Cl)CC1. The van der Waals surface area contributed by atoms with E-state index in [9.17, 15) is 18.0 Å². The first-order valence-corrected chi connectivity index (χ1v) is 11.3. The number of rotatable bonds is 5. The van der Waals surface area contributed by atoms with Crippen molar-refractivity contribution in [2.45, 2.75) is 37.7 Å². The van der Waals surface area contributed by atoms with Gasteiger partial charge in [-0.15, -0.1) is 0 Å². The van der Waals surface area contributed by atoms with Gasteiger partial charge in [0.1, 0.15) is 10.5 Å². The second-order valence-corrected chi connectivity index (χ2v) is 10.2. The van der Waals surface area contributed by atoms with Crippen molar-refractivity contribution in [2.24, 2.45) is 0 Å². The quantitative estimate of drug-likeness (QED) is 0.720. The molecule has 29 heavy (non-hydrogen) atoms. The number of amides is 2. The van der Waals surface area contributed by atoms with Crippen molar-refractivity contribution in [1.29, 1.82) is 0 Å². The van der Waals surface area contributed by atoms with E-state index in [1.807, 2.05) is 0 Å². The average Bonchev–Trinajstić information content (AvgIpc) is 2.60. The van der Waals surface area contributed by atoms with Crippen LogP contribution in [0.25, 0.3) is 0 Å². The number of halogens is 2. The first kappa shape index (κ1) is 23.7. The van der Waals surface area contributed by atoms with Crippen LogP contribution in [0.2, 0.25) is 10.0 Å². The Balaban J connectivity index is 1.87. The van der Waals surface area contributed by atoms with Crippen molar-refractivity contribution in [3.63, 3.8) is 0 Å². The summed E-state index contributed by atoms with van der Waals surface area (Å²) in [5.41, 5.74) is -0.611. The van der Waals surface area contributed by atoms with Crippen LogP contribution in [0.15, 0.2) is 23.1 Å². The van der Waals surface area contributed by atoms with Crippen LogP contribution >= 0.6 is 23.2 Å². The van der Waals surface area contributed by atoms with Gasteiger partial charge in [0.2, 0.25) is 15.9 Å². The molecule has 1 aliphatic heterocycles. The fourth-order valence-electron chi connectivity index (χ4n) is 2.78. The number of hydrogen-bond acceptors (Lipinski definition) is 5. The van der Waals surface area contributed by atoms with Gasteiger partial charge in [-0.3, -0.25) is 4.79 Å². The molecule has 0 radical (unpaired) electrons. The number of nitrogens with zero attached hydrogens (tertiary/aromatic N) is 2. The highest BCUT2D eigenvalue weighted by atomic mass is 35.5. The smallest absolute Gasteiger partial charge is 0.407 e. The van der Waals surface area contributed by atoms with Crippen molar-refractivity contribution in [3.8, 4) is 0 Å². The Morgan fingerprint density at radius 1 is 1.10 bits per heavy atom. The fraction of sp³-hybridized carbons (Fsp3) is 0.556. The number of carbonyl (C=O) groups excluding carboxylic acids is 2. The maximum Gasteiger partial charge on any atom is 0.407 e. The lowest BCUT2D eigenvalue weighted by molar-refractivity contribution is -0.132. The molecule has 0 unspecified atom stereocenters. The second-order valence-electron chi connectivity index (χ2n) is 7.51. The molecule has 2 amide bonds. The highest BCUT2D eigenvalue weighted by molar-refractivity contribution is 7.89. The van der Waals surface area contributed by atoms with Crippen LogP contribution < -0.4 is 5.32 Å². The zero-order chi connectivity index (χ0) is 21.8. The standard InChI is InChI=1S/C18H25Cl2N3O5S/c1-18(2,3)28-17(25)21-8-7-15(24)22-9-11-23(12-10-22)29(26,27)16-13(19)5-4-6-14(16)20/h4-6H,7-12H2,1-3H3,(H,21,25). The van der Waals surface area contributed by atoms with Gasteiger partial charge < -0.3 is 15.0 Å². The van der Waals surface area contributed by atoms with Crippen LogP contribution in [-0.2, 0) is 19.6 Å². The van der Waals surface area contributed by atoms with Crippen molar-refractivity contribution in [3.05, 3.63) is 28.2 Å². The molecule has 11 heteroatoms. The fourth-order valence-corrected chi connectivity index (χ4v) is 5.29. The van der Waals surface area contributed by atoms with E-state index in [4.69, 9.17) is 27.9 Å². The number of benzene rings is 1. The number of piperazine rings is 1. The summed E-state index contributed by atoms with van der Waals surface area (Å²) in [7, 11) is -3.86. The van der Waals surface area contributed by atoms with Gasteiger partial charge in [-0.2, -0.15) is 4.31 Å². The first-order chi connectivity index (χ1) is 13.4. The highest BCUT2D eigenvalue weighted by Crippen LogP contribution is 2.31. The molecule has 1 heterocycles. The maximum atomic E-state index is 12.9. The predicted octanol–water partition coefficient (Wildman–Crippen LogP) is 2.74. The average molecular weight is 466 g/mol. The minimum absolute atomic E-state index is 0.0595. The Hall–Kier alpha value is -1.55. The number of alkyl carbamates (subject to hydrolysis) is 1. The molecule has 8 nitrogen and oxygen atoms in total. The number of nitrogens with one attached hydrogen (secondary N) is 1. The van der Waals surface area contributed by atoms with E-state index in [1.54, 1.807) is 31.7 Å². The summed E-state index contributed by atoms with van der Waals surface area (Å²) in [6.07, 6.45) is -0.486. The van der Waals surface area contributed by atoms with Gasteiger partial charge in [0.15, 0.2) is 0 Å². The summed E-state index contributed by atoms with van der Waals surface area (Å²) in [4.78, 5) is 25.4. The molecule has 1 aromatic rings. The Labute approximate surface area is 181 Å². The van der Waals surface area contributed by atoms with E-state index < -0.39 is 21.7 Å². The summed E-state index contributed by atoms with van der Waals surface area (Å²) in [5.74, 6) is -0.172. The lowest BCUT2D eigenvalue weighted by atomic mass is 10.2. The molecule has 162 valence electrons. The molecular formula is C18H25Cl2N3O5S. The van der Waals surface area contributed by atoms with Crippen molar-refractivity contribution in [2.75, 3.05) is 32.7 Å². The van der Waals surface area contributed by atoms with Crippen LogP contribution in [0.4, 0.5) is 4.79 Å². The first-order valence-electron chi connectivity index (χ1n) is 9.10. The van der Waals surface area contributed by atoms with E-state index in [0.29, 0.717) is 0 Å². The Morgan fingerprint density at radius 3 is 2.17 bits per heavy atom. The maximum absolute atomic E-state index is 12.9. The molecule has 1 saturated heterocycles. The molecule has 1 aromatic carbocycles. The number of sulfonamides is 1. The summed E-state index contributed by atoms with van der Waals surface area (Å²) in [6.45, 7) is 6.15. The zero-order valence-electron chi connectivity index (χ0n) is 16.6. The molecule has 2 rings (SSSR count). The molecule has 0 aromatic heterocycles. The van der Waals surface area contributed by atoms with Crippen LogP contribution in [0.3, 0.4) is 0 Å². The van der Waals surface area contributed by atoms with Crippen LogP contribution in [0, 0.1) is 0 Å². The lowest BCUT2D eigenvalue weighted by Crippen LogP contribution is -2.51. The van der Waals surface area contributed by atoms with Gasteiger partial charge in [-0.05, 0) is 32.9 Å². The summed E-state index contributed by atoms with van der Waals surface area (Å²) in [5, 5.41) is 2.65. The van der Waals surface area contributed by atoms with Crippen molar-refractivity contribution < 1.29 is 22.7 Å². The van der Waals surface area contributed by atoms with Gasteiger partial charge in [-0.25, -0.2) is 13.2 Å². The molecule has 0 saturated carbocycles. The van der Waals surface area contributed by atoms with Crippen molar-refractivity contribution in [1.82, 2.24) is 14.5 Å². The Morgan fingerprint density at radius 2 is 1.66 bits per heavy atom. The van der Waals surface area contributed by atoms with Crippen LogP contribution in [0.1, 0.15) is 27.2 Å². The van der Waals surface area contributed by atoms with Gasteiger partial charge in [0.25, 0.3) is 0 Å². The molecule has 0 aliphatic carbocycles. The van der Waals surface area contributed by atoms with Gasteiger partial charge in [0.05, 0.1) is 10.0 Å². The summed E-state index contributed by atoms with van der Waals surface area (Å²) >= 11 is 12.1. The second kappa shape index (κ2) is 9.51. The van der Waals surface area contributed by atoms with E-state index in [-0.39, 0.29) is 60.0 Å². The molecule has 0 atom stereocenters. The number of ether oxygens (including phenoxy) is 1. The molecule has 1 fully saturated rings. The zero-order valence-corrected chi connectivity index (χ0v) is 18.9. The molecule has 1 N–H and O–H groups in total. The van der Waals surface area contributed by atoms with Crippen molar-refractivity contribution >= 4 is 45.2 Å². The Kier molecular flexibility index (Phi) is 7.78. The number of hydrogen-bond donors (Lipinski definition) is 1. The molecular weight excluding hydrogens is 441 g/mol. The van der Waals surface area contributed by atoms with Crippen LogP contribution in [-0.4, -0.2) is 67.9 Å². The lowest BCUT2D eigenvalue weighted by Gasteiger charge is -2.34. The van der Waals surface area contributed by atoms with E-state index >= 15 is 0 Å². The topological polar surface area (TPSA) is 96.0 Å². The van der Waals surface area contributed by atoms with Gasteiger partial charge in [-0.1, -0.05) is 29.3 Å². The summed E-state index contributed by atoms with van der Waals surface area (Å²) < 4.78 is 32.1. The Bertz CT molecular complexity index is 842. The number of carbonyl (C=O) groups is 2. The highest BCUT2D eigenvalue weighted by Gasteiger charge is 2.32. The molecule has 0 spiro atoms. The van der Waals surface area contributed by atoms with E-state index in [0.717, 1.165) is 0 Å². The van der Waals surface area contributed by atoms with Gasteiger partial charge in [0, 0.05) is 39.1 Å². The minimum atomic E-state index is -3.86. The third kappa shape index (κ3) is 6.47. The van der Waals surface area contributed by atoms with E-state index in [2.05, 4.69) is 5.32 Å². The third-order valence-electron chi connectivity index (χ3n) is 4.12.